The van der Waals surface area contributed by atoms with Crippen LogP contribution in [0, 0.1) is 0 Å². The highest BCUT2D eigenvalue weighted by molar-refractivity contribution is 7.12. The number of hydrazone groups is 1. The summed E-state index contributed by atoms with van der Waals surface area (Å²) < 4.78 is 1.51. The van der Waals surface area contributed by atoms with Crippen molar-refractivity contribution in [1.82, 2.24) is 25.6 Å². The molecule has 0 spiro atoms. The molecule has 0 aliphatic rings. The van der Waals surface area contributed by atoms with Gasteiger partial charge in [-0.25, -0.2) is 10.1 Å². The smallest absolute Gasteiger partial charge is 0.267 e. The van der Waals surface area contributed by atoms with E-state index in [0.29, 0.717) is 5.56 Å². The number of rotatable bonds is 4. The molecule has 7 nitrogen and oxygen atoms in total. The predicted octanol–water partition coefficient (Wildman–Crippen LogP) is 1.88. The second-order valence-corrected chi connectivity index (χ2v) is 5.36. The molecule has 0 radical (unpaired) electrons. The van der Waals surface area contributed by atoms with Crippen LogP contribution in [-0.4, -0.2) is 31.8 Å². The molecule has 0 bridgehead atoms. The van der Waals surface area contributed by atoms with Gasteiger partial charge in [-0.3, -0.25) is 4.79 Å². The van der Waals surface area contributed by atoms with Crippen molar-refractivity contribution in [2.75, 3.05) is 0 Å². The maximum atomic E-state index is 12.1. The number of nitrogens with one attached hydrogen (secondary N) is 1. The van der Waals surface area contributed by atoms with E-state index in [1.165, 1.54) is 11.0 Å². The van der Waals surface area contributed by atoms with Gasteiger partial charge in [-0.15, -0.1) is 16.4 Å². The van der Waals surface area contributed by atoms with E-state index in [1.54, 1.807) is 35.6 Å². The Hall–Kier alpha value is -2.87. The molecule has 0 saturated carbocycles. The molecule has 3 aromatic rings. The molecule has 0 atom stereocenters. The molecule has 1 N–H and O–H groups in total. The summed E-state index contributed by atoms with van der Waals surface area (Å²) in [6.07, 6.45) is 1.49. The van der Waals surface area contributed by atoms with E-state index in [0.717, 1.165) is 16.3 Å². The fourth-order valence-corrected chi connectivity index (χ4v) is 2.46. The second-order valence-electron chi connectivity index (χ2n) is 4.42. The maximum absolute atomic E-state index is 12.1. The maximum Gasteiger partial charge on any atom is 0.271 e. The van der Waals surface area contributed by atoms with Crippen molar-refractivity contribution < 1.29 is 4.79 Å². The van der Waals surface area contributed by atoms with Crippen molar-refractivity contribution in [3.63, 3.8) is 0 Å². The van der Waals surface area contributed by atoms with E-state index in [1.807, 2.05) is 24.4 Å². The van der Waals surface area contributed by atoms with Crippen LogP contribution in [0.3, 0.4) is 0 Å². The van der Waals surface area contributed by atoms with Gasteiger partial charge in [-0.05, 0) is 53.1 Å². The van der Waals surface area contributed by atoms with Gasteiger partial charge < -0.3 is 0 Å². The number of amides is 1. The third-order valence-electron chi connectivity index (χ3n) is 2.95. The average Bonchev–Trinajstić information content (AvgIpc) is 3.25. The van der Waals surface area contributed by atoms with Crippen LogP contribution in [0.5, 0.6) is 0 Å². The molecule has 1 aromatic carbocycles. The lowest BCUT2D eigenvalue weighted by molar-refractivity contribution is 0.0955. The Morgan fingerprint density at radius 1 is 1.27 bits per heavy atom. The number of aromatic nitrogens is 4. The van der Waals surface area contributed by atoms with Gasteiger partial charge in [-0.1, -0.05) is 6.07 Å². The molecule has 22 heavy (non-hydrogen) atoms. The van der Waals surface area contributed by atoms with Crippen molar-refractivity contribution in [2.24, 2.45) is 5.10 Å². The zero-order valence-corrected chi connectivity index (χ0v) is 12.5. The normalized spacial score (nSPS) is 11.4. The van der Waals surface area contributed by atoms with Gasteiger partial charge in [0.15, 0.2) is 0 Å². The Morgan fingerprint density at radius 3 is 2.73 bits per heavy atom. The van der Waals surface area contributed by atoms with E-state index in [-0.39, 0.29) is 5.91 Å². The van der Waals surface area contributed by atoms with Crippen LogP contribution in [0.4, 0.5) is 0 Å². The van der Waals surface area contributed by atoms with Gasteiger partial charge in [0.2, 0.25) is 0 Å². The van der Waals surface area contributed by atoms with E-state index in [4.69, 9.17) is 0 Å². The van der Waals surface area contributed by atoms with E-state index >= 15 is 0 Å². The third kappa shape index (κ3) is 3.07. The highest BCUT2D eigenvalue weighted by Gasteiger charge is 2.06. The van der Waals surface area contributed by atoms with Crippen LogP contribution in [-0.2, 0) is 0 Å². The molecule has 0 saturated heterocycles. The van der Waals surface area contributed by atoms with Crippen LogP contribution in [0.2, 0.25) is 0 Å². The largest absolute Gasteiger partial charge is 0.271 e. The summed E-state index contributed by atoms with van der Waals surface area (Å²) in [5.41, 5.74) is 4.61. The Balaban J connectivity index is 1.69. The Labute approximate surface area is 130 Å². The number of hydrogen-bond acceptors (Lipinski definition) is 6. The third-order valence-corrected chi connectivity index (χ3v) is 3.92. The van der Waals surface area contributed by atoms with Crippen molar-refractivity contribution in [1.29, 1.82) is 0 Å². The summed E-state index contributed by atoms with van der Waals surface area (Å²) in [7, 11) is 0. The number of hydrogen-bond donors (Lipinski definition) is 1. The quantitative estimate of drug-likeness (QED) is 0.589. The van der Waals surface area contributed by atoms with Crippen molar-refractivity contribution >= 4 is 23.0 Å². The fourth-order valence-electron chi connectivity index (χ4n) is 1.78. The molecule has 110 valence electrons. The van der Waals surface area contributed by atoms with Crippen LogP contribution in [0.1, 0.15) is 22.2 Å². The van der Waals surface area contributed by atoms with Crippen molar-refractivity contribution in [2.45, 2.75) is 6.92 Å². The molecular formula is C14H12N6OS. The molecule has 2 heterocycles. The van der Waals surface area contributed by atoms with Gasteiger partial charge >= 0.3 is 0 Å². The molecule has 0 unspecified atom stereocenters. The van der Waals surface area contributed by atoms with Gasteiger partial charge in [-0.2, -0.15) is 5.10 Å². The van der Waals surface area contributed by atoms with Crippen molar-refractivity contribution in [3.8, 4) is 5.69 Å². The summed E-state index contributed by atoms with van der Waals surface area (Å²) in [6.45, 7) is 1.85. The summed E-state index contributed by atoms with van der Waals surface area (Å²) in [5, 5.41) is 17.0. The minimum Gasteiger partial charge on any atom is -0.267 e. The standard InChI is InChI=1S/C14H12N6OS/c1-10(13-3-2-8-22-13)16-17-14(21)11-4-6-12(7-5-11)20-9-15-18-19-20/h2-9H,1H3,(H,17,21)/b16-10+. The summed E-state index contributed by atoms with van der Waals surface area (Å²) >= 11 is 1.58. The van der Waals surface area contributed by atoms with Gasteiger partial charge in [0.1, 0.15) is 6.33 Å². The number of thiophene rings is 1. The molecule has 8 heteroatoms. The predicted molar refractivity (Wildman–Crippen MR) is 83.2 cm³/mol. The summed E-state index contributed by atoms with van der Waals surface area (Å²) in [4.78, 5) is 13.1. The molecule has 2 aromatic heterocycles. The first-order chi connectivity index (χ1) is 10.7. The molecule has 0 aliphatic carbocycles. The second kappa shape index (κ2) is 6.27. The zero-order valence-electron chi connectivity index (χ0n) is 11.7. The zero-order chi connectivity index (χ0) is 15.4. The van der Waals surface area contributed by atoms with E-state index < -0.39 is 0 Å². The van der Waals surface area contributed by atoms with Crippen LogP contribution >= 0.6 is 11.3 Å². The van der Waals surface area contributed by atoms with Crippen LogP contribution in [0.15, 0.2) is 53.2 Å². The van der Waals surface area contributed by atoms with Crippen LogP contribution in [0.25, 0.3) is 5.69 Å². The lowest BCUT2D eigenvalue weighted by Crippen LogP contribution is -2.19. The van der Waals surface area contributed by atoms with Gasteiger partial charge in [0, 0.05) is 10.4 Å². The lowest BCUT2D eigenvalue weighted by atomic mass is 10.2. The van der Waals surface area contributed by atoms with Gasteiger partial charge in [0.25, 0.3) is 5.91 Å². The van der Waals surface area contributed by atoms with E-state index in [9.17, 15) is 4.79 Å². The molecular weight excluding hydrogens is 300 g/mol. The lowest BCUT2D eigenvalue weighted by Gasteiger charge is -2.03. The minimum atomic E-state index is -0.265. The summed E-state index contributed by atoms with van der Waals surface area (Å²) in [6, 6.07) is 10.8. The molecule has 0 aliphatic heterocycles. The number of carbonyl (C=O) groups excluding carboxylic acids is 1. The molecule has 3 rings (SSSR count). The number of tetrazole rings is 1. The van der Waals surface area contributed by atoms with Gasteiger partial charge in [0.05, 0.1) is 11.4 Å². The Morgan fingerprint density at radius 2 is 2.09 bits per heavy atom. The molecule has 0 fully saturated rings. The first kappa shape index (κ1) is 14.1. The molecule has 1 amide bonds. The Bertz CT molecular complexity index is 777. The van der Waals surface area contributed by atoms with E-state index in [2.05, 4.69) is 26.1 Å². The number of nitrogens with zero attached hydrogens (tertiary/aromatic N) is 5. The Kier molecular flexibility index (Phi) is 4.01. The topological polar surface area (TPSA) is 85.1 Å². The highest BCUT2D eigenvalue weighted by atomic mass is 32.1. The number of carbonyl (C=O) groups is 1. The first-order valence-corrected chi connectivity index (χ1v) is 7.34. The summed E-state index contributed by atoms with van der Waals surface area (Å²) in [5.74, 6) is -0.265. The van der Waals surface area contributed by atoms with Crippen molar-refractivity contribution in [3.05, 3.63) is 58.5 Å². The minimum absolute atomic E-state index is 0.265. The SMILES string of the molecule is C/C(=N\NC(=O)c1ccc(-n2cnnn2)cc1)c1cccs1. The first-order valence-electron chi connectivity index (χ1n) is 6.46. The number of benzene rings is 1. The average molecular weight is 312 g/mol. The highest BCUT2D eigenvalue weighted by Crippen LogP contribution is 2.10. The fraction of sp³-hybridized carbons (Fsp3) is 0.0714. The monoisotopic (exact) mass is 312 g/mol. The van der Waals surface area contributed by atoms with Crippen LogP contribution < -0.4 is 5.43 Å².